The molecule has 34 heavy (non-hydrogen) atoms. The zero-order valence-electron chi connectivity index (χ0n) is 21.7. The maximum atomic E-state index is 11.2. The Bertz CT molecular complexity index is 1130. The van der Waals surface area contributed by atoms with Crippen LogP contribution in [0.2, 0.25) is 0 Å². The van der Waals surface area contributed by atoms with Crippen molar-refractivity contribution >= 4 is 16.7 Å². The van der Waals surface area contributed by atoms with E-state index in [9.17, 15) is 9.90 Å². The molecule has 2 aromatic carbocycles. The summed E-state index contributed by atoms with van der Waals surface area (Å²) in [6.45, 7) is 16.5. The van der Waals surface area contributed by atoms with E-state index in [1.165, 1.54) is 28.2 Å². The molecule has 0 aliphatic heterocycles. The molecule has 0 amide bonds. The molecule has 0 bridgehead atoms. The maximum absolute atomic E-state index is 11.2. The summed E-state index contributed by atoms with van der Waals surface area (Å²) in [6, 6.07) is 16.2. The van der Waals surface area contributed by atoms with Gasteiger partial charge in [-0.05, 0) is 48.6 Å². The molecule has 0 saturated heterocycles. The third-order valence-corrected chi connectivity index (χ3v) is 5.22. The van der Waals surface area contributed by atoms with Crippen molar-refractivity contribution in [1.82, 2.24) is 4.98 Å². The Balaban J connectivity index is 0.000000364. The SMILES string of the molecule is CC(C)CC(=O)/C=C(\O)CC(C)C.Cc1[c-]c(-c2cc(C)c3c(C)cccc3n2)cc(C)c1.[Ir]. The van der Waals surface area contributed by atoms with Crippen molar-refractivity contribution in [3.63, 3.8) is 0 Å². The second kappa shape index (κ2) is 13.6. The molecule has 0 fully saturated rings. The van der Waals surface area contributed by atoms with Crippen molar-refractivity contribution in [3.05, 3.63) is 76.6 Å². The second-order valence-electron chi connectivity index (χ2n) is 9.85. The molecule has 0 aliphatic carbocycles. The number of ketones is 1. The first-order valence-corrected chi connectivity index (χ1v) is 11.8. The van der Waals surface area contributed by atoms with E-state index in [4.69, 9.17) is 4.98 Å². The number of aromatic nitrogens is 1. The number of hydrogen-bond acceptors (Lipinski definition) is 3. The van der Waals surface area contributed by atoms with Crippen LogP contribution in [0.5, 0.6) is 0 Å². The molecule has 1 heterocycles. The number of aliphatic hydroxyl groups excluding tert-OH is 1. The number of aliphatic hydroxyl groups is 1. The van der Waals surface area contributed by atoms with Gasteiger partial charge in [0.15, 0.2) is 5.78 Å². The number of pyridine rings is 1. The first kappa shape index (κ1) is 29.7. The number of aryl methyl sites for hydroxylation is 4. The summed E-state index contributed by atoms with van der Waals surface area (Å²) >= 11 is 0. The smallest absolute Gasteiger partial charge is 0.159 e. The largest absolute Gasteiger partial charge is 0.512 e. The number of nitrogens with zero attached hydrogens (tertiary/aromatic N) is 1. The van der Waals surface area contributed by atoms with E-state index in [2.05, 4.69) is 70.2 Å². The van der Waals surface area contributed by atoms with Crippen LogP contribution in [0.3, 0.4) is 0 Å². The molecule has 0 atom stereocenters. The van der Waals surface area contributed by atoms with Gasteiger partial charge in [-0.2, -0.15) is 0 Å². The van der Waals surface area contributed by atoms with Crippen molar-refractivity contribution in [1.29, 1.82) is 0 Å². The fraction of sp³-hybridized carbons (Fsp3) is 0.400. The van der Waals surface area contributed by atoms with E-state index >= 15 is 0 Å². The van der Waals surface area contributed by atoms with Crippen LogP contribution in [0.1, 0.15) is 62.8 Å². The monoisotopic (exact) mass is 637 g/mol. The van der Waals surface area contributed by atoms with Gasteiger partial charge in [0.1, 0.15) is 0 Å². The fourth-order valence-corrected chi connectivity index (χ4v) is 3.99. The van der Waals surface area contributed by atoms with Crippen LogP contribution in [-0.4, -0.2) is 15.9 Å². The molecule has 185 valence electrons. The Morgan fingerprint density at radius 2 is 1.62 bits per heavy atom. The second-order valence-corrected chi connectivity index (χ2v) is 9.85. The molecule has 1 aromatic heterocycles. The number of hydrogen-bond donors (Lipinski definition) is 1. The first-order chi connectivity index (χ1) is 15.5. The normalized spacial score (nSPS) is 11.3. The fourth-order valence-electron chi connectivity index (χ4n) is 3.99. The number of fused-ring (bicyclic) bond motifs is 1. The molecule has 0 unspecified atom stereocenters. The van der Waals surface area contributed by atoms with Crippen LogP contribution < -0.4 is 0 Å². The van der Waals surface area contributed by atoms with E-state index in [1.807, 2.05) is 27.7 Å². The standard InChI is InChI=1S/C19H18N.C11H20O2.Ir/c1-12-8-13(2)10-16(9-12)18-11-15(4)19-14(3)6-5-7-17(19)20-18;1-8(2)5-10(12)7-11(13)6-9(3)4;/h5-9,11H,1-4H3;7-9,12H,5-6H2,1-4H3;/q-1;;/b;10-7-;. The molecular formula is C30H38IrNO2-. The zero-order chi connectivity index (χ0) is 24.7. The number of allylic oxidation sites excluding steroid dienone is 2. The van der Waals surface area contributed by atoms with Gasteiger partial charge < -0.3 is 5.11 Å². The third-order valence-electron chi connectivity index (χ3n) is 5.22. The summed E-state index contributed by atoms with van der Waals surface area (Å²) in [7, 11) is 0. The summed E-state index contributed by atoms with van der Waals surface area (Å²) in [5, 5.41) is 10.6. The van der Waals surface area contributed by atoms with Crippen LogP contribution in [0, 0.1) is 45.6 Å². The van der Waals surface area contributed by atoms with Gasteiger partial charge in [-0.1, -0.05) is 59.7 Å². The summed E-state index contributed by atoms with van der Waals surface area (Å²) in [5.41, 5.74) is 8.11. The van der Waals surface area contributed by atoms with Crippen LogP contribution >= 0.6 is 0 Å². The Kier molecular flexibility index (Phi) is 11.9. The molecule has 3 rings (SSSR count). The molecule has 0 saturated carbocycles. The summed E-state index contributed by atoms with van der Waals surface area (Å²) in [6.07, 6.45) is 2.46. The first-order valence-electron chi connectivity index (χ1n) is 11.8. The minimum Gasteiger partial charge on any atom is -0.512 e. The van der Waals surface area contributed by atoms with Crippen LogP contribution in [0.4, 0.5) is 0 Å². The molecule has 3 aromatic rings. The zero-order valence-corrected chi connectivity index (χ0v) is 24.1. The van der Waals surface area contributed by atoms with Crippen LogP contribution in [0.25, 0.3) is 22.2 Å². The van der Waals surface area contributed by atoms with Gasteiger partial charge in [0, 0.05) is 44.4 Å². The van der Waals surface area contributed by atoms with Gasteiger partial charge in [-0.25, -0.2) is 0 Å². The topological polar surface area (TPSA) is 50.2 Å². The van der Waals surface area contributed by atoms with E-state index in [1.54, 1.807) is 0 Å². The van der Waals surface area contributed by atoms with E-state index in [0.29, 0.717) is 24.7 Å². The van der Waals surface area contributed by atoms with E-state index in [-0.39, 0.29) is 31.6 Å². The Morgan fingerprint density at radius 1 is 0.971 bits per heavy atom. The van der Waals surface area contributed by atoms with Gasteiger partial charge in [-0.3, -0.25) is 9.78 Å². The molecule has 3 nitrogen and oxygen atoms in total. The van der Waals surface area contributed by atoms with Crippen molar-refractivity contribution in [2.75, 3.05) is 0 Å². The molecule has 0 aliphatic rings. The summed E-state index contributed by atoms with van der Waals surface area (Å²) in [4.78, 5) is 16.0. The summed E-state index contributed by atoms with van der Waals surface area (Å²) < 4.78 is 0. The maximum Gasteiger partial charge on any atom is 0.159 e. The van der Waals surface area contributed by atoms with Crippen molar-refractivity contribution in [2.24, 2.45) is 11.8 Å². The Labute approximate surface area is 219 Å². The summed E-state index contributed by atoms with van der Waals surface area (Å²) in [5.74, 6) is 0.979. The molecular weight excluding hydrogens is 599 g/mol. The average molecular weight is 637 g/mol. The van der Waals surface area contributed by atoms with Crippen molar-refractivity contribution < 1.29 is 30.0 Å². The molecule has 1 N–H and O–H groups in total. The van der Waals surface area contributed by atoms with Crippen molar-refractivity contribution in [3.8, 4) is 11.3 Å². The number of carbonyl (C=O) groups excluding carboxylic acids is 1. The predicted octanol–water partition coefficient (Wildman–Crippen LogP) is 8.02. The van der Waals surface area contributed by atoms with Gasteiger partial charge in [0.05, 0.1) is 11.3 Å². The number of rotatable bonds is 6. The Morgan fingerprint density at radius 3 is 2.21 bits per heavy atom. The van der Waals surface area contributed by atoms with E-state index < -0.39 is 0 Å². The predicted molar refractivity (Wildman–Crippen MR) is 140 cm³/mol. The molecule has 0 spiro atoms. The van der Waals surface area contributed by atoms with Gasteiger partial charge in [0.25, 0.3) is 0 Å². The van der Waals surface area contributed by atoms with Gasteiger partial charge in [0.2, 0.25) is 0 Å². The van der Waals surface area contributed by atoms with E-state index in [0.717, 1.165) is 22.3 Å². The quantitative estimate of drug-likeness (QED) is 0.169. The molecule has 1 radical (unpaired) electrons. The minimum atomic E-state index is 0. The third kappa shape index (κ3) is 9.16. The average Bonchev–Trinajstić information content (AvgIpc) is 2.66. The number of carbonyl (C=O) groups is 1. The van der Waals surface area contributed by atoms with Gasteiger partial charge >= 0.3 is 0 Å². The van der Waals surface area contributed by atoms with Crippen molar-refractivity contribution in [2.45, 2.75) is 68.2 Å². The minimum absolute atomic E-state index is 0. The number of benzene rings is 2. The van der Waals surface area contributed by atoms with Crippen LogP contribution in [0.15, 0.2) is 48.2 Å². The van der Waals surface area contributed by atoms with Crippen LogP contribution in [-0.2, 0) is 24.9 Å². The molecule has 4 heteroatoms. The Hall–Kier alpha value is -2.29. The van der Waals surface area contributed by atoms with Gasteiger partial charge in [-0.15, -0.1) is 34.9 Å².